The van der Waals surface area contributed by atoms with Gasteiger partial charge in [0.2, 0.25) is 0 Å². The van der Waals surface area contributed by atoms with Crippen molar-refractivity contribution in [3.05, 3.63) is 33.6 Å². The summed E-state index contributed by atoms with van der Waals surface area (Å²) in [5.41, 5.74) is -1.17. The fourth-order valence-electron chi connectivity index (χ4n) is 1.76. The maximum absolute atomic E-state index is 13.1. The second-order valence-corrected chi connectivity index (χ2v) is 4.54. The number of amides is 1. The lowest BCUT2D eigenvalue weighted by atomic mass is 10.1. The first-order valence-corrected chi connectivity index (χ1v) is 6.50. The third-order valence-corrected chi connectivity index (χ3v) is 2.86. The first kappa shape index (κ1) is 17.3. The average Bonchev–Trinajstić information content (AvgIpc) is 2.44. The van der Waals surface area contributed by atoms with Gasteiger partial charge in [-0.05, 0) is 12.8 Å². The number of phenols is 1. The van der Waals surface area contributed by atoms with E-state index in [1.54, 1.807) is 0 Å². The van der Waals surface area contributed by atoms with Crippen molar-refractivity contribution >= 4 is 17.6 Å². The summed E-state index contributed by atoms with van der Waals surface area (Å²) < 4.78 is 13.1. The fraction of sp³-hybridized carbons (Fsp3) is 0.385. The van der Waals surface area contributed by atoms with Gasteiger partial charge in [-0.1, -0.05) is 6.42 Å². The maximum atomic E-state index is 13.1. The van der Waals surface area contributed by atoms with E-state index < -0.39 is 39.6 Å². The van der Waals surface area contributed by atoms with Gasteiger partial charge in [-0.3, -0.25) is 19.7 Å². The van der Waals surface area contributed by atoms with Crippen LogP contribution in [0.4, 0.5) is 10.1 Å². The number of carbonyl (C=O) groups is 2. The summed E-state index contributed by atoms with van der Waals surface area (Å²) in [5, 5.41) is 30.9. The van der Waals surface area contributed by atoms with Crippen LogP contribution in [0.15, 0.2) is 12.1 Å². The zero-order chi connectivity index (χ0) is 16.7. The molecule has 0 saturated carbocycles. The number of carbonyl (C=O) groups excluding carboxylic acids is 1. The predicted octanol–water partition coefficient (Wildman–Crippen LogP) is 1.81. The molecule has 0 aliphatic heterocycles. The molecular weight excluding hydrogens is 299 g/mol. The Morgan fingerprint density at radius 3 is 2.55 bits per heavy atom. The second kappa shape index (κ2) is 7.91. The fourth-order valence-corrected chi connectivity index (χ4v) is 1.76. The molecule has 0 aliphatic rings. The van der Waals surface area contributed by atoms with Crippen LogP contribution < -0.4 is 5.32 Å². The van der Waals surface area contributed by atoms with E-state index in [9.17, 15) is 29.2 Å². The van der Waals surface area contributed by atoms with Crippen molar-refractivity contribution in [2.24, 2.45) is 0 Å². The SMILES string of the molecule is O=C(O)CCCCCNC(=O)c1cc(O)c(F)cc1[N+](=O)[O-]. The number of nitro groups is 1. The molecule has 1 amide bonds. The highest BCUT2D eigenvalue weighted by Crippen LogP contribution is 2.26. The van der Waals surface area contributed by atoms with E-state index >= 15 is 0 Å². The number of nitrogens with zero attached hydrogens (tertiary/aromatic N) is 1. The molecule has 0 heterocycles. The number of benzene rings is 1. The molecule has 1 rings (SSSR count). The third-order valence-electron chi connectivity index (χ3n) is 2.86. The number of nitrogens with one attached hydrogen (secondary N) is 1. The summed E-state index contributed by atoms with van der Waals surface area (Å²) in [4.78, 5) is 32.0. The monoisotopic (exact) mass is 314 g/mol. The highest BCUT2D eigenvalue weighted by atomic mass is 19.1. The number of aliphatic carboxylic acids is 1. The Balaban J connectivity index is 2.60. The number of nitro benzene ring substituents is 1. The summed E-state index contributed by atoms with van der Waals surface area (Å²) in [6.07, 6.45) is 1.57. The number of aromatic hydroxyl groups is 1. The Labute approximate surface area is 124 Å². The highest BCUT2D eigenvalue weighted by molar-refractivity contribution is 5.98. The lowest BCUT2D eigenvalue weighted by Crippen LogP contribution is -2.25. The third kappa shape index (κ3) is 5.00. The van der Waals surface area contributed by atoms with Crippen molar-refractivity contribution in [3.63, 3.8) is 0 Å². The maximum Gasteiger partial charge on any atom is 0.303 e. The number of unbranched alkanes of at least 4 members (excludes halogenated alkanes) is 2. The average molecular weight is 314 g/mol. The first-order chi connectivity index (χ1) is 10.3. The Morgan fingerprint density at radius 1 is 1.27 bits per heavy atom. The number of carboxylic acids is 1. The van der Waals surface area contributed by atoms with Gasteiger partial charge in [-0.2, -0.15) is 0 Å². The number of rotatable bonds is 8. The minimum Gasteiger partial charge on any atom is -0.505 e. The smallest absolute Gasteiger partial charge is 0.303 e. The van der Waals surface area contributed by atoms with Gasteiger partial charge < -0.3 is 15.5 Å². The molecule has 1 aromatic carbocycles. The summed E-state index contributed by atoms with van der Waals surface area (Å²) in [5.74, 6) is -3.74. The Kier molecular flexibility index (Phi) is 6.24. The van der Waals surface area contributed by atoms with Crippen LogP contribution in [0.3, 0.4) is 0 Å². The molecule has 0 radical (unpaired) electrons. The van der Waals surface area contributed by atoms with Crippen molar-refractivity contribution in [3.8, 4) is 5.75 Å². The topological polar surface area (TPSA) is 130 Å². The van der Waals surface area contributed by atoms with E-state index in [0.717, 1.165) is 0 Å². The van der Waals surface area contributed by atoms with E-state index in [1.165, 1.54) is 0 Å². The second-order valence-electron chi connectivity index (χ2n) is 4.54. The summed E-state index contributed by atoms with van der Waals surface area (Å²) in [6, 6.07) is 1.18. The van der Waals surface area contributed by atoms with Gasteiger partial charge in [0.1, 0.15) is 5.56 Å². The predicted molar refractivity (Wildman–Crippen MR) is 73.2 cm³/mol. The number of hydrogen-bond acceptors (Lipinski definition) is 5. The normalized spacial score (nSPS) is 10.2. The van der Waals surface area contributed by atoms with Crippen LogP contribution in [0.25, 0.3) is 0 Å². The van der Waals surface area contributed by atoms with Crippen molar-refractivity contribution < 1.29 is 29.1 Å². The quantitative estimate of drug-likeness (QED) is 0.381. The van der Waals surface area contributed by atoms with E-state index in [0.29, 0.717) is 31.4 Å². The molecule has 9 heteroatoms. The molecule has 120 valence electrons. The van der Waals surface area contributed by atoms with Crippen molar-refractivity contribution in [2.45, 2.75) is 25.7 Å². The minimum absolute atomic E-state index is 0.0330. The molecule has 0 bridgehead atoms. The standard InChI is InChI=1S/C13H15FN2O6/c14-9-7-10(16(21)22)8(6-11(9)17)13(20)15-5-3-1-2-4-12(18)19/h6-7,17H,1-5H2,(H,15,20)(H,18,19). The minimum atomic E-state index is -1.18. The zero-order valence-corrected chi connectivity index (χ0v) is 11.5. The lowest BCUT2D eigenvalue weighted by molar-refractivity contribution is -0.385. The van der Waals surface area contributed by atoms with Gasteiger partial charge in [0.15, 0.2) is 11.6 Å². The van der Waals surface area contributed by atoms with E-state index in [2.05, 4.69) is 5.32 Å². The Hall–Kier alpha value is -2.71. The molecule has 0 unspecified atom stereocenters. The summed E-state index contributed by atoms with van der Waals surface area (Å²) in [6.45, 7) is 0.188. The van der Waals surface area contributed by atoms with Crippen LogP contribution in [0, 0.1) is 15.9 Å². The number of halogens is 1. The molecule has 0 fully saturated rings. The summed E-state index contributed by atoms with van der Waals surface area (Å²) in [7, 11) is 0. The van der Waals surface area contributed by atoms with Gasteiger partial charge in [0.05, 0.1) is 11.0 Å². The highest BCUT2D eigenvalue weighted by Gasteiger charge is 2.23. The summed E-state index contributed by atoms with van der Waals surface area (Å²) >= 11 is 0. The van der Waals surface area contributed by atoms with Gasteiger partial charge >= 0.3 is 5.97 Å². The van der Waals surface area contributed by atoms with Crippen LogP contribution in [-0.4, -0.2) is 33.6 Å². The molecule has 0 saturated heterocycles. The molecule has 0 atom stereocenters. The largest absolute Gasteiger partial charge is 0.505 e. The van der Waals surface area contributed by atoms with E-state index in [1.807, 2.05) is 0 Å². The molecule has 3 N–H and O–H groups in total. The van der Waals surface area contributed by atoms with Crippen LogP contribution >= 0.6 is 0 Å². The van der Waals surface area contributed by atoms with Gasteiger partial charge in [-0.25, -0.2) is 4.39 Å². The zero-order valence-electron chi connectivity index (χ0n) is 11.5. The van der Waals surface area contributed by atoms with Crippen molar-refractivity contribution in [1.29, 1.82) is 0 Å². The van der Waals surface area contributed by atoms with Crippen molar-refractivity contribution in [1.82, 2.24) is 5.32 Å². The van der Waals surface area contributed by atoms with Crippen molar-refractivity contribution in [2.75, 3.05) is 6.54 Å². The van der Waals surface area contributed by atoms with Gasteiger partial charge in [0, 0.05) is 19.0 Å². The molecule has 1 aromatic rings. The number of carboxylic acid groups (broad SMARTS) is 1. The Bertz CT molecular complexity index is 590. The Morgan fingerprint density at radius 2 is 1.95 bits per heavy atom. The molecule has 22 heavy (non-hydrogen) atoms. The molecule has 0 aromatic heterocycles. The van der Waals surface area contributed by atoms with Crippen LogP contribution in [0.1, 0.15) is 36.0 Å². The van der Waals surface area contributed by atoms with E-state index in [-0.39, 0.29) is 13.0 Å². The number of hydrogen-bond donors (Lipinski definition) is 3. The van der Waals surface area contributed by atoms with E-state index in [4.69, 9.17) is 5.11 Å². The molecule has 8 nitrogen and oxygen atoms in total. The lowest BCUT2D eigenvalue weighted by Gasteiger charge is -2.06. The molecule has 0 spiro atoms. The van der Waals surface area contributed by atoms with Crippen LogP contribution in [0.2, 0.25) is 0 Å². The molecular formula is C13H15FN2O6. The van der Waals surface area contributed by atoms with Gasteiger partial charge in [-0.15, -0.1) is 0 Å². The van der Waals surface area contributed by atoms with Crippen LogP contribution in [0.5, 0.6) is 5.75 Å². The molecule has 0 aliphatic carbocycles. The van der Waals surface area contributed by atoms with Gasteiger partial charge in [0.25, 0.3) is 11.6 Å². The van der Waals surface area contributed by atoms with Crippen LogP contribution in [-0.2, 0) is 4.79 Å². The number of phenolic OH excluding ortho intramolecular Hbond substituents is 1. The first-order valence-electron chi connectivity index (χ1n) is 6.50.